The minimum Gasteiger partial charge on any atom is -0.423 e. The van der Waals surface area contributed by atoms with Crippen molar-refractivity contribution >= 4 is 54.3 Å². The summed E-state index contributed by atoms with van der Waals surface area (Å²) in [5.41, 5.74) is 3.15. The van der Waals surface area contributed by atoms with E-state index < -0.39 is 31.5 Å². The minimum absolute atomic E-state index is 0.0126. The molecular formula is C27H21N5O6S3. The summed E-state index contributed by atoms with van der Waals surface area (Å²) in [6.07, 6.45) is 2.85. The van der Waals surface area contributed by atoms with E-state index in [2.05, 4.69) is 20.5 Å². The molecule has 2 amide bonds. The molecule has 2 aromatic carbocycles. The summed E-state index contributed by atoms with van der Waals surface area (Å²) in [7, 11) is -3.78. The number of imide groups is 1. The van der Waals surface area contributed by atoms with Crippen molar-refractivity contribution in [2.45, 2.75) is 23.5 Å². The molecule has 208 valence electrons. The fraction of sp³-hybridized carbons (Fsp3) is 0.185. The molecular weight excluding hydrogens is 587 g/mol. The Bertz CT molecular complexity index is 1970. The number of thiazole rings is 1. The zero-order valence-electron chi connectivity index (χ0n) is 21.4. The Morgan fingerprint density at radius 3 is 2.54 bits per heavy atom. The van der Waals surface area contributed by atoms with Crippen LogP contribution in [-0.4, -0.2) is 50.8 Å². The molecule has 2 unspecified atom stereocenters. The van der Waals surface area contributed by atoms with Crippen LogP contribution in [0.2, 0.25) is 0 Å². The number of thioether (sulfide) groups is 1. The second-order valence-electron chi connectivity index (χ2n) is 9.44. The quantitative estimate of drug-likeness (QED) is 0.277. The van der Waals surface area contributed by atoms with Crippen LogP contribution >= 0.6 is 23.1 Å². The molecule has 0 saturated carbocycles. The third-order valence-corrected chi connectivity index (χ3v) is 9.90. The number of hydrogen-bond donors (Lipinski definition) is 1. The van der Waals surface area contributed by atoms with E-state index in [1.165, 1.54) is 17.4 Å². The molecule has 1 aliphatic heterocycles. The number of carbonyl (C=O) groups excluding carboxylic acids is 2. The highest BCUT2D eigenvalue weighted by molar-refractivity contribution is 8.15. The Morgan fingerprint density at radius 1 is 1.02 bits per heavy atom. The Balaban J connectivity index is 1.30. The number of carbonyl (C=O) groups is 2. The molecule has 6 rings (SSSR count). The zero-order valence-corrected chi connectivity index (χ0v) is 23.8. The zero-order chi connectivity index (χ0) is 28.7. The molecule has 0 radical (unpaired) electrons. The number of sulfone groups is 1. The molecule has 5 aromatic rings. The smallest absolute Gasteiger partial charge is 0.286 e. The number of benzene rings is 2. The molecule has 3 aromatic heterocycles. The van der Waals surface area contributed by atoms with Gasteiger partial charge in [0.2, 0.25) is 17.7 Å². The normalized spacial score (nSPS) is 16.3. The number of amides is 2. The van der Waals surface area contributed by atoms with Gasteiger partial charge in [0.15, 0.2) is 15.1 Å². The molecule has 41 heavy (non-hydrogen) atoms. The molecule has 1 N–H and O–H groups in total. The van der Waals surface area contributed by atoms with E-state index >= 15 is 0 Å². The summed E-state index contributed by atoms with van der Waals surface area (Å²) >= 11 is 2.01. The molecule has 2 atom stereocenters. The van der Waals surface area contributed by atoms with Gasteiger partial charge in [-0.25, -0.2) is 13.4 Å². The largest absolute Gasteiger partial charge is 0.423 e. The van der Waals surface area contributed by atoms with Gasteiger partial charge in [0.1, 0.15) is 10.3 Å². The summed E-state index contributed by atoms with van der Waals surface area (Å²) in [6, 6.07) is 18.5. The number of rotatable bonds is 8. The molecule has 0 bridgehead atoms. The first-order valence-electron chi connectivity index (χ1n) is 12.3. The predicted molar refractivity (Wildman–Crippen MR) is 154 cm³/mol. The second-order valence-corrected chi connectivity index (χ2v) is 13.8. The van der Waals surface area contributed by atoms with Gasteiger partial charge in [-0.2, -0.15) is 0 Å². The van der Waals surface area contributed by atoms with Gasteiger partial charge in [-0.1, -0.05) is 48.2 Å². The lowest BCUT2D eigenvalue weighted by molar-refractivity contribution is -0.119. The molecule has 11 nitrogen and oxygen atoms in total. The molecule has 1 aliphatic rings. The molecule has 0 aliphatic carbocycles. The van der Waals surface area contributed by atoms with Crippen LogP contribution in [0, 0.1) is 0 Å². The van der Waals surface area contributed by atoms with Crippen LogP contribution in [0.5, 0.6) is 0 Å². The first-order valence-corrected chi connectivity index (χ1v) is 16.0. The molecule has 4 heterocycles. The van der Waals surface area contributed by atoms with E-state index in [1.54, 1.807) is 22.9 Å². The van der Waals surface area contributed by atoms with Gasteiger partial charge in [0.05, 0.1) is 16.8 Å². The summed E-state index contributed by atoms with van der Waals surface area (Å²) in [5.74, 6) is -0.577. The van der Waals surface area contributed by atoms with Crippen LogP contribution in [0.1, 0.15) is 27.6 Å². The second kappa shape index (κ2) is 10.7. The highest BCUT2D eigenvalue weighted by atomic mass is 32.2. The lowest BCUT2D eigenvalue weighted by Crippen LogP contribution is -2.25. The van der Waals surface area contributed by atoms with Gasteiger partial charge < -0.3 is 8.98 Å². The summed E-state index contributed by atoms with van der Waals surface area (Å²) in [6.45, 7) is 0.434. The van der Waals surface area contributed by atoms with Gasteiger partial charge in [0, 0.05) is 24.9 Å². The summed E-state index contributed by atoms with van der Waals surface area (Å²) in [4.78, 5) is 40.4. The number of fused-ring (bicyclic) bond motifs is 1. The third kappa shape index (κ3) is 5.71. The van der Waals surface area contributed by atoms with Crippen LogP contribution in [0.15, 0.2) is 76.1 Å². The van der Waals surface area contributed by atoms with E-state index in [4.69, 9.17) is 4.42 Å². The monoisotopic (exact) mass is 607 g/mol. The number of nitrogens with zero attached hydrogens (tertiary/aromatic N) is 4. The fourth-order valence-corrected chi connectivity index (χ4v) is 7.79. The van der Waals surface area contributed by atoms with Gasteiger partial charge in [-0.15, -0.1) is 21.5 Å². The average molecular weight is 608 g/mol. The summed E-state index contributed by atoms with van der Waals surface area (Å²) in [5, 5.41) is 7.82. The highest BCUT2D eigenvalue weighted by Crippen LogP contribution is 2.36. The topological polar surface area (TPSA) is 154 Å². The van der Waals surface area contributed by atoms with Gasteiger partial charge in [-0.05, 0) is 34.9 Å². The van der Waals surface area contributed by atoms with Crippen LogP contribution in [0.3, 0.4) is 0 Å². The highest BCUT2D eigenvalue weighted by Gasteiger charge is 2.36. The van der Waals surface area contributed by atoms with Gasteiger partial charge >= 0.3 is 0 Å². The van der Waals surface area contributed by atoms with Crippen molar-refractivity contribution in [2.75, 3.05) is 6.26 Å². The fourth-order valence-electron chi connectivity index (χ4n) is 4.45. The molecule has 14 heteroatoms. The van der Waals surface area contributed by atoms with Crippen molar-refractivity contribution in [2.24, 2.45) is 0 Å². The maximum absolute atomic E-state index is 12.9. The Labute approximate surface area is 241 Å². The van der Waals surface area contributed by atoms with E-state index in [0.29, 0.717) is 12.1 Å². The first kappa shape index (κ1) is 27.1. The standard InChI is InChI=1S/C27H21N5O6S3/c1-41(36,37)23(25-31-30-21(38-25)12-20-24(34)29-27(35)40-20)26-28-18-9-7-16(11-19(18)39-26)17-8-10-22(33)32(14-17)13-15-5-3-2-4-6-15/h2-11,14,20,23H,12-13H2,1H3,(H,29,34,35). The maximum Gasteiger partial charge on any atom is 0.286 e. The SMILES string of the molecule is CS(=O)(=O)C(c1nnc(CC2SC(=O)NC2=O)o1)c1nc2ccc(-c3ccc(=O)n(Cc4ccccc4)c3)cc2s1. The third-order valence-electron chi connectivity index (χ3n) is 6.40. The minimum atomic E-state index is -3.78. The van der Waals surface area contributed by atoms with Gasteiger partial charge in [0.25, 0.3) is 10.8 Å². The number of aromatic nitrogens is 4. The maximum atomic E-state index is 12.9. The Hall–Kier alpha value is -4.14. The van der Waals surface area contributed by atoms with Crippen LogP contribution in [0.4, 0.5) is 4.79 Å². The van der Waals surface area contributed by atoms with Crippen molar-refractivity contribution in [3.8, 4) is 11.1 Å². The van der Waals surface area contributed by atoms with Crippen molar-refractivity contribution in [1.82, 2.24) is 25.1 Å². The first-order chi connectivity index (χ1) is 19.6. The van der Waals surface area contributed by atoms with Crippen molar-refractivity contribution in [1.29, 1.82) is 0 Å². The van der Waals surface area contributed by atoms with Gasteiger partial charge in [-0.3, -0.25) is 19.7 Å². The van der Waals surface area contributed by atoms with Crippen molar-refractivity contribution in [3.63, 3.8) is 0 Å². The average Bonchev–Trinajstić information content (AvgIpc) is 3.63. The van der Waals surface area contributed by atoms with Crippen LogP contribution in [0.25, 0.3) is 21.3 Å². The molecule has 1 saturated heterocycles. The van der Waals surface area contributed by atoms with E-state index in [-0.39, 0.29) is 28.8 Å². The number of nitrogens with one attached hydrogen (secondary N) is 1. The molecule has 1 fully saturated rings. The van der Waals surface area contributed by atoms with Crippen molar-refractivity contribution in [3.05, 3.63) is 99.6 Å². The Morgan fingerprint density at radius 2 is 1.80 bits per heavy atom. The van der Waals surface area contributed by atoms with E-state index in [9.17, 15) is 22.8 Å². The van der Waals surface area contributed by atoms with Crippen molar-refractivity contribution < 1.29 is 22.4 Å². The lowest BCUT2D eigenvalue weighted by Gasteiger charge is -2.09. The Kier molecular flexibility index (Phi) is 7.05. The predicted octanol–water partition coefficient (Wildman–Crippen LogP) is 3.58. The van der Waals surface area contributed by atoms with E-state index in [0.717, 1.165) is 39.4 Å². The van der Waals surface area contributed by atoms with E-state index in [1.807, 2.05) is 42.5 Å². The van der Waals surface area contributed by atoms with Crippen LogP contribution < -0.4 is 10.9 Å². The molecule has 0 spiro atoms. The van der Waals surface area contributed by atoms with Crippen LogP contribution in [-0.2, 0) is 27.6 Å². The number of hydrogen-bond acceptors (Lipinski definition) is 11. The number of pyridine rings is 1. The summed E-state index contributed by atoms with van der Waals surface area (Å²) < 4.78 is 33.8. The lowest BCUT2D eigenvalue weighted by atomic mass is 10.1.